The lowest BCUT2D eigenvalue weighted by atomic mass is 10.0. The van der Waals surface area contributed by atoms with Crippen LogP contribution in [0.1, 0.15) is 31.4 Å². The Bertz CT molecular complexity index is 1330. The van der Waals surface area contributed by atoms with Crippen molar-refractivity contribution >= 4 is 27.5 Å². The molecule has 0 saturated heterocycles. The van der Waals surface area contributed by atoms with Crippen LogP contribution in [0.25, 0.3) is 0 Å². The first-order chi connectivity index (χ1) is 18.6. The summed E-state index contributed by atoms with van der Waals surface area (Å²) in [5, 5.41) is 3.02. The molecule has 39 heavy (non-hydrogen) atoms. The molecule has 8 nitrogen and oxygen atoms in total. The first kappa shape index (κ1) is 29.7. The molecule has 1 N–H and O–H groups in total. The van der Waals surface area contributed by atoms with Gasteiger partial charge in [-0.15, -0.1) is 0 Å². The summed E-state index contributed by atoms with van der Waals surface area (Å²) in [4.78, 5) is 29.2. The number of anilines is 1. The first-order valence-corrected chi connectivity index (χ1v) is 14.8. The number of rotatable bonds is 13. The molecular weight excluding hydrogens is 514 g/mol. The number of hydrogen-bond donors (Lipinski definition) is 1. The van der Waals surface area contributed by atoms with Gasteiger partial charge >= 0.3 is 0 Å². The topological polar surface area (TPSA) is 96.0 Å². The van der Waals surface area contributed by atoms with Crippen LogP contribution in [-0.2, 0) is 32.6 Å². The number of ether oxygens (including phenoxy) is 1. The highest BCUT2D eigenvalue weighted by atomic mass is 32.2. The van der Waals surface area contributed by atoms with Gasteiger partial charge in [0.15, 0.2) is 0 Å². The van der Waals surface area contributed by atoms with E-state index in [1.807, 2.05) is 56.3 Å². The molecule has 0 saturated carbocycles. The standard InChI is InChI=1S/C30H37N3O5S/c1-5-23(2)31-30(35)28(20-24-13-8-6-9-14-24)32(21-25-15-12-18-27(19-25)38-3)29(34)22-33(39(4,36)37)26-16-10-7-11-17-26/h6-19,23,28H,5,20-22H2,1-4H3,(H,31,35)/t23-,28+/m1/s1. The van der Waals surface area contributed by atoms with E-state index in [1.165, 1.54) is 4.90 Å². The molecule has 0 heterocycles. The van der Waals surface area contributed by atoms with E-state index in [9.17, 15) is 18.0 Å². The SMILES string of the molecule is CC[C@@H](C)NC(=O)[C@H](Cc1ccccc1)N(Cc1cccc(OC)c1)C(=O)CN(c1ccccc1)S(C)(=O)=O. The average Bonchev–Trinajstić information content (AvgIpc) is 2.93. The van der Waals surface area contributed by atoms with Crippen molar-refractivity contribution in [1.82, 2.24) is 10.2 Å². The molecule has 0 aliphatic carbocycles. The van der Waals surface area contributed by atoms with Crippen molar-refractivity contribution in [3.8, 4) is 5.75 Å². The normalized spacial score (nSPS) is 12.7. The Kier molecular flexibility index (Phi) is 10.5. The maximum atomic E-state index is 14.0. The fourth-order valence-electron chi connectivity index (χ4n) is 4.17. The Morgan fingerprint density at radius 1 is 0.923 bits per heavy atom. The molecule has 9 heteroatoms. The van der Waals surface area contributed by atoms with E-state index in [0.717, 1.165) is 28.1 Å². The lowest BCUT2D eigenvalue weighted by Crippen LogP contribution is -2.54. The van der Waals surface area contributed by atoms with E-state index in [-0.39, 0.29) is 24.9 Å². The summed E-state index contributed by atoms with van der Waals surface area (Å²) in [6, 6.07) is 24.2. The van der Waals surface area contributed by atoms with Crippen molar-refractivity contribution < 1.29 is 22.7 Å². The number of amides is 2. The van der Waals surface area contributed by atoms with Gasteiger partial charge < -0.3 is 15.0 Å². The number of carbonyl (C=O) groups excluding carboxylic acids is 2. The molecule has 0 unspecified atom stereocenters. The van der Waals surface area contributed by atoms with E-state index in [0.29, 0.717) is 11.4 Å². The molecule has 3 aromatic carbocycles. The Morgan fingerprint density at radius 2 is 1.54 bits per heavy atom. The summed E-state index contributed by atoms with van der Waals surface area (Å²) in [5.41, 5.74) is 2.01. The highest BCUT2D eigenvalue weighted by molar-refractivity contribution is 7.92. The minimum Gasteiger partial charge on any atom is -0.497 e. The monoisotopic (exact) mass is 551 g/mol. The van der Waals surface area contributed by atoms with Gasteiger partial charge in [-0.2, -0.15) is 0 Å². The van der Waals surface area contributed by atoms with Gasteiger partial charge in [-0.25, -0.2) is 8.42 Å². The van der Waals surface area contributed by atoms with Crippen LogP contribution in [0.15, 0.2) is 84.9 Å². The van der Waals surface area contributed by atoms with Gasteiger partial charge in [-0.05, 0) is 48.7 Å². The molecule has 0 aliphatic rings. The van der Waals surface area contributed by atoms with E-state index in [2.05, 4.69) is 5.32 Å². The third kappa shape index (κ3) is 8.58. The second-order valence-corrected chi connectivity index (χ2v) is 11.4. The zero-order valence-electron chi connectivity index (χ0n) is 22.9. The molecule has 3 rings (SSSR count). The van der Waals surface area contributed by atoms with Gasteiger partial charge in [0.05, 0.1) is 19.1 Å². The predicted octanol–water partition coefficient (Wildman–Crippen LogP) is 4.02. The Balaban J connectivity index is 2.06. The van der Waals surface area contributed by atoms with Crippen molar-refractivity contribution in [2.75, 3.05) is 24.2 Å². The first-order valence-electron chi connectivity index (χ1n) is 12.9. The van der Waals surface area contributed by atoms with Gasteiger partial charge in [0, 0.05) is 19.0 Å². The third-order valence-corrected chi connectivity index (χ3v) is 7.62. The summed E-state index contributed by atoms with van der Waals surface area (Å²) < 4.78 is 32.0. The van der Waals surface area contributed by atoms with Crippen LogP contribution in [-0.4, -0.2) is 57.1 Å². The van der Waals surface area contributed by atoms with Crippen LogP contribution >= 0.6 is 0 Å². The minimum atomic E-state index is -3.79. The van der Waals surface area contributed by atoms with Crippen LogP contribution in [0.5, 0.6) is 5.75 Å². The van der Waals surface area contributed by atoms with Gasteiger partial charge in [-0.1, -0.05) is 67.6 Å². The molecule has 0 spiro atoms. The predicted molar refractivity (Wildman–Crippen MR) is 154 cm³/mol. The van der Waals surface area contributed by atoms with E-state index >= 15 is 0 Å². The Labute approximate surface area is 231 Å². The van der Waals surface area contributed by atoms with Crippen molar-refractivity contribution in [2.45, 2.75) is 45.3 Å². The maximum Gasteiger partial charge on any atom is 0.244 e. The summed E-state index contributed by atoms with van der Waals surface area (Å²) in [7, 11) is -2.23. The molecule has 0 radical (unpaired) electrons. The van der Waals surface area contributed by atoms with Crippen LogP contribution in [0, 0.1) is 0 Å². The largest absolute Gasteiger partial charge is 0.497 e. The zero-order valence-corrected chi connectivity index (χ0v) is 23.7. The minimum absolute atomic E-state index is 0.0911. The summed E-state index contributed by atoms with van der Waals surface area (Å²) in [5.74, 6) is -0.173. The molecule has 208 valence electrons. The Morgan fingerprint density at radius 3 is 2.13 bits per heavy atom. The number of nitrogens with one attached hydrogen (secondary N) is 1. The van der Waals surface area contributed by atoms with Gasteiger partial charge in [0.1, 0.15) is 18.3 Å². The molecule has 2 atom stereocenters. The highest BCUT2D eigenvalue weighted by Gasteiger charge is 2.33. The van der Waals surface area contributed by atoms with E-state index in [1.54, 1.807) is 49.6 Å². The fourth-order valence-corrected chi connectivity index (χ4v) is 5.02. The molecule has 0 bridgehead atoms. The number of nitrogens with zero attached hydrogens (tertiary/aromatic N) is 2. The maximum absolute atomic E-state index is 14.0. The molecule has 0 aromatic heterocycles. The van der Waals surface area contributed by atoms with Crippen LogP contribution in [0.4, 0.5) is 5.69 Å². The molecule has 3 aromatic rings. The second kappa shape index (κ2) is 13.8. The van der Waals surface area contributed by atoms with Gasteiger partial charge in [-0.3, -0.25) is 13.9 Å². The van der Waals surface area contributed by atoms with Crippen LogP contribution in [0.3, 0.4) is 0 Å². The molecule has 2 amide bonds. The number of sulfonamides is 1. The van der Waals surface area contributed by atoms with Crippen molar-refractivity contribution in [2.24, 2.45) is 0 Å². The molecule has 0 fully saturated rings. The fraction of sp³-hybridized carbons (Fsp3) is 0.333. The lowest BCUT2D eigenvalue weighted by molar-refractivity contribution is -0.140. The van der Waals surface area contributed by atoms with Crippen molar-refractivity contribution in [1.29, 1.82) is 0 Å². The third-order valence-electron chi connectivity index (χ3n) is 6.48. The van der Waals surface area contributed by atoms with Crippen LogP contribution in [0.2, 0.25) is 0 Å². The lowest BCUT2D eigenvalue weighted by Gasteiger charge is -2.34. The van der Waals surface area contributed by atoms with Crippen LogP contribution < -0.4 is 14.4 Å². The summed E-state index contributed by atoms with van der Waals surface area (Å²) >= 11 is 0. The Hall–Kier alpha value is -3.85. The van der Waals surface area contributed by atoms with E-state index in [4.69, 9.17) is 4.74 Å². The number of carbonyl (C=O) groups is 2. The second-order valence-electron chi connectivity index (χ2n) is 9.50. The van der Waals surface area contributed by atoms with E-state index < -0.39 is 28.5 Å². The summed E-state index contributed by atoms with van der Waals surface area (Å²) in [6.45, 7) is 3.52. The number of methoxy groups -OCH3 is 1. The zero-order chi connectivity index (χ0) is 28.4. The van der Waals surface area contributed by atoms with Gasteiger partial charge in [0.2, 0.25) is 21.8 Å². The highest BCUT2D eigenvalue weighted by Crippen LogP contribution is 2.21. The summed E-state index contributed by atoms with van der Waals surface area (Å²) in [6.07, 6.45) is 2.06. The number of hydrogen-bond acceptors (Lipinski definition) is 5. The molecule has 0 aliphatic heterocycles. The van der Waals surface area contributed by atoms with Crippen molar-refractivity contribution in [3.05, 3.63) is 96.1 Å². The molecular formula is C30H37N3O5S. The average molecular weight is 552 g/mol. The van der Waals surface area contributed by atoms with Gasteiger partial charge in [0.25, 0.3) is 0 Å². The quantitative estimate of drug-likeness (QED) is 0.346. The number of para-hydroxylation sites is 1. The smallest absolute Gasteiger partial charge is 0.244 e. The number of benzene rings is 3. The van der Waals surface area contributed by atoms with Crippen molar-refractivity contribution in [3.63, 3.8) is 0 Å².